The van der Waals surface area contributed by atoms with Crippen molar-refractivity contribution in [2.75, 3.05) is 25.5 Å². The molecule has 0 heterocycles. The Morgan fingerprint density at radius 2 is 1.85 bits per heavy atom. The van der Waals surface area contributed by atoms with Gasteiger partial charge in [0.15, 0.2) is 0 Å². The van der Waals surface area contributed by atoms with Gasteiger partial charge in [0.25, 0.3) is 0 Å². The number of halogens is 1. The van der Waals surface area contributed by atoms with E-state index in [-0.39, 0.29) is 11.7 Å². The third-order valence-electron chi connectivity index (χ3n) is 3.54. The van der Waals surface area contributed by atoms with Crippen molar-refractivity contribution < 1.29 is 4.39 Å². The van der Waals surface area contributed by atoms with Crippen LogP contribution in [0.4, 0.5) is 10.1 Å². The summed E-state index contributed by atoms with van der Waals surface area (Å²) in [5.74, 6) is -0.166. The standard InChI is InChI=1S/C17H21FN2/c1-20(2)15-7-5-6-13(11-15)10-14(12-19)16-8-3-4-9-17(16)18/h3-9,11,14H,10,12,19H2,1-2H3. The first-order valence-corrected chi connectivity index (χ1v) is 6.82. The third kappa shape index (κ3) is 3.36. The number of nitrogens with zero attached hydrogens (tertiary/aromatic N) is 1. The normalized spacial score (nSPS) is 12.2. The lowest BCUT2D eigenvalue weighted by molar-refractivity contribution is 0.576. The minimum Gasteiger partial charge on any atom is -0.378 e. The highest BCUT2D eigenvalue weighted by molar-refractivity contribution is 5.47. The maximum absolute atomic E-state index is 13.9. The largest absolute Gasteiger partial charge is 0.378 e. The zero-order valence-electron chi connectivity index (χ0n) is 12.0. The molecule has 0 saturated heterocycles. The van der Waals surface area contributed by atoms with E-state index in [0.717, 1.165) is 12.1 Å². The molecule has 0 saturated carbocycles. The van der Waals surface area contributed by atoms with Crippen molar-refractivity contribution in [3.05, 3.63) is 65.5 Å². The van der Waals surface area contributed by atoms with Crippen molar-refractivity contribution >= 4 is 5.69 Å². The van der Waals surface area contributed by atoms with Gasteiger partial charge in [0.1, 0.15) is 5.82 Å². The number of anilines is 1. The molecule has 2 aromatic rings. The zero-order valence-corrected chi connectivity index (χ0v) is 12.0. The lowest BCUT2D eigenvalue weighted by Gasteiger charge is -2.18. The molecule has 0 fully saturated rings. The highest BCUT2D eigenvalue weighted by Gasteiger charge is 2.14. The molecule has 0 aliphatic carbocycles. The zero-order chi connectivity index (χ0) is 14.5. The Bertz CT molecular complexity index is 566. The SMILES string of the molecule is CN(C)c1cccc(CC(CN)c2ccccc2F)c1. The van der Waals surface area contributed by atoms with Crippen molar-refractivity contribution in [3.63, 3.8) is 0 Å². The number of hydrogen-bond acceptors (Lipinski definition) is 2. The summed E-state index contributed by atoms with van der Waals surface area (Å²) in [5, 5.41) is 0. The molecular formula is C17H21FN2. The van der Waals surface area contributed by atoms with E-state index in [1.807, 2.05) is 32.3 Å². The van der Waals surface area contributed by atoms with Gasteiger partial charge < -0.3 is 10.6 Å². The molecule has 20 heavy (non-hydrogen) atoms. The average Bonchev–Trinajstić information content (AvgIpc) is 2.46. The van der Waals surface area contributed by atoms with Crippen LogP contribution in [0.2, 0.25) is 0 Å². The monoisotopic (exact) mass is 272 g/mol. The van der Waals surface area contributed by atoms with Crippen LogP contribution in [0.1, 0.15) is 17.0 Å². The molecule has 1 unspecified atom stereocenters. The second-order valence-corrected chi connectivity index (χ2v) is 5.22. The molecule has 0 aromatic heterocycles. The van der Waals surface area contributed by atoms with Crippen LogP contribution < -0.4 is 10.6 Å². The molecule has 2 aromatic carbocycles. The molecule has 0 aliphatic rings. The average molecular weight is 272 g/mol. The summed E-state index contributed by atoms with van der Waals surface area (Å²) in [5.41, 5.74) is 8.86. The summed E-state index contributed by atoms with van der Waals surface area (Å²) < 4.78 is 13.9. The summed E-state index contributed by atoms with van der Waals surface area (Å²) >= 11 is 0. The van der Waals surface area contributed by atoms with Crippen LogP contribution in [-0.4, -0.2) is 20.6 Å². The van der Waals surface area contributed by atoms with Crippen LogP contribution >= 0.6 is 0 Å². The maximum Gasteiger partial charge on any atom is 0.126 e. The fraction of sp³-hybridized carbons (Fsp3) is 0.294. The highest BCUT2D eigenvalue weighted by Crippen LogP contribution is 2.24. The van der Waals surface area contributed by atoms with Gasteiger partial charge >= 0.3 is 0 Å². The van der Waals surface area contributed by atoms with Crippen LogP contribution in [0, 0.1) is 5.82 Å². The maximum atomic E-state index is 13.9. The van der Waals surface area contributed by atoms with Gasteiger partial charge in [-0.05, 0) is 42.3 Å². The molecule has 0 spiro atoms. The molecule has 0 bridgehead atoms. The van der Waals surface area contributed by atoms with Gasteiger partial charge in [0.2, 0.25) is 0 Å². The summed E-state index contributed by atoms with van der Waals surface area (Å²) in [6.45, 7) is 0.438. The Balaban J connectivity index is 2.23. The van der Waals surface area contributed by atoms with Crippen LogP contribution in [0.15, 0.2) is 48.5 Å². The quantitative estimate of drug-likeness (QED) is 0.906. The van der Waals surface area contributed by atoms with Gasteiger partial charge in [-0.1, -0.05) is 30.3 Å². The number of nitrogens with two attached hydrogens (primary N) is 1. The molecule has 1 atom stereocenters. The minimum absolute atomic E-state index is 0.00797. The summed E-state index contributed by atoms with van der Waals surface area (Å²) in [6.07, 6.45) is 0.749. The number of hydrogen-bond donors (Lipinski definition) is 1. The fourth-order valence-corrected chi connectivity index (χ4v) is 2.37. The molecule has 0 aliphatic heterocycles. The first-order chi connectivity index (χ1) is 9.61. The molecule has 2 nitrogen and oxygen atoms in total. The van der Waals surface area contributed by atoms with E-state index < -0.39 is 0 Å². The van der Waals surface area contributed by atoms with Crippen molar-refractivity contribution in [1.29, 1.82) is 0 Å². The van der Waals surface area contributed by atoms with Crippen LogP contribution in [0.25, 0.3) is 0 Å². The second-order valence-electron chi connectivity index (χ2n) is 5.22. The van der Waals surface area contributed by atoms with Crippen LogP contribution in [-0.2, 0) is 6.42 Å². The van der Waals surface area contributed by atoms with Crippen LogP contribution in [0.5, 0.6) is 0 Å². The third-order valence-corrected chi connectivity index (χ3v) is 3.54. The minimum atomic E-state index is -0.174. The van der Waals surface area contributed by atoms with E-state index in [9.17, 15) is 4.39 Å². The predicted octanol–water partition coefficient (Wildman–Crippen LogP) is 3.18. The summed E-state index contributed by atoms with van der Waals surface area (Å²) in [6, 6.07) is 15.2. The van der Waals surface area contributed by atoms with E-state index >= 15 is 0 Å². The van der Waals surface area contributed by atoms with Gasteiger partial charge in [-0.25, -0.2) is 4.39 Å². The molecular weight excluding hydrogens is 251 g/mol. The Morgan fingerprint density at radius 3 is 2.50 bits per heavy atom. The summed E-state index contributed by atoms with van der Waals surface area (Å²) in [4.78, 5) is 2.06. The van der Waals surface area contributed by atoms with E-state index in [4.69, 9.17) is 5.73 Å². The molecule has 2 N–H and O–H groups in total. The van der Waals surface area contributed by atoms with Crippen LogP contribution in [0.3, 0.4) is 0 Å². The highest BCUT2D eigenvalue weighted by atomic mass is 19.1. The van der Waals surface area contributed by atoms with E-state index in [0.29, 0.717) is 12.1 Å². The number of rotatable bonds is 5. The molecule has 0 amide bonds. The van der Waals surface area contributed by atoms with Crippen molar-refractivity contribution in [3.8, 4) is 0 Å². The van der Waals surface area contributed by atoms with E-state index in [1.165, 1.54) is 11.6 Å². The second kappa shape index (κ2) is 6.53. The van der Waals surface area contributed by atoms with Gasteiger partial charge in [0, 0.05) is 25.7 Å². The van der Waals surface area contributed by atoms with E-state index in [1.54, 1.807) is 6.07 Å². The summed E-state index contributed by atoms with van der Waals surface area (Å²) in [7, 11) is 4.02. The fourth-order valence-electron chi connectivity index (χ4n) is 2.37. The lowest BCUT2D eigenvalue weighted by atomic mass is 9.91. The van der Waals surface area contributed by atoms with Crippen molar-refractivity contribution in [2.24, 2.45) is 5.73 Å². The van der Waals surface area contributed by atoms with Gasteiger partial charge in [-0.2, -0.15) is 0 Å². The molecule has 2 rings (SSSR count). The Morgan fingerprint density at radius 1 is 1.10 bits per heavy atom. The van der Waals surface area contributed by atoms with Crippen molar-refractivity contribution in [1.82, 2.24) is 0 Å². The molecule has 3 heteroatoms. The van der Waals surface area contributed by atoms with Gasteiger partial charge in [-0.3, -0.25) is 0 Å². The lowest BCUT2D eigenvalue weighted by Crippen LogP contribution is -2.16. The van der Waals surface area contributed by atoms with Crippen molar-refractivity contribution in [2.45, 2.75) is 12.3 Å². The first kappa shape index (κ1) is 14.5. The van der Waals surface area contributed by atoms with Gasteiger partial charge in [-0.15, -0.1) is 0 Å². The first-order valence-electron chi connectivity index (χ1n) is 6.82. The Hall–Kier alpha value is -1.87. The topological polar surface area (TPSA) is 29.3 Å². The smallest absolute Gasteiger partial charge is 0.126 e. The van der Waals surface area contributed by atoms with Gasteiger partial charge in [0.05, 0.1) is 0 Å². The Kier molecular flexibility index (Phi) is 4.74. The number of benzene rings is 2. The Labute approximate surface area is 120 Å². The molecule has 106 valence electrons. The van der Waals surface area contributed by atoms with E-state index in [2.05, 4.69) is 23.1 Å². The molecule has 0 radical (unpaired) electrons. The predicted molar refractivity (Wildman–Crippen MR) is 82.7 cm³/mol.